The monoisotopic (exact) mass is 383 g/mol. The van der Waals surface area contributed by atoms with Gasteiger partial charge in [-0.15, -0.1) is 0 Å². The van der Waals surface area contributed by atoms with Crippen molar-refractivity contribution in [2.75, 3.05) is 13.1 Å². The minimum absolute atomic E-state index is 0.0434. The molecule has 3 rings (SSSR count). The summed E-state index contributed by atoms with van der Waals surface area (Å²) < 4.78 is 40.1. The van der Waals surface area contributed by atoms with Gasteiger partial charge in [-0.05, 0) is 49.7 Å². The molecule has 0 bridgehead atoms. The maximum absolute atomic E-state index is 13.8. The molecule has 27 heavy (non-hydrogen) atoms. The second kappa shape index (κ2) is 8.29. The van der Waals surface area contributed by atoms with Crippen molar-refractivity contribution >= 4 is 11.8 Å². The maximum Gasteiger partial charge on any atom is 0.232 e. The molecular formula is C19H24F3N3O2. The maximum atomic E-state index is 13.8. The first-order chi connectivity index (χ1) is 12.8. The highest BCUT2D eigenvalue weighted by molar-refractivity contribution is 5.97. The SMILES string of the molecule is N[C@H](Cc1cc(F)c(F)cc1F)C1CCN(C(=O)CC(=O)NC2CC2)CC1. The third kappa shape index (κ3) is 5.22. The van der Waals surface area contributed by atoms with Crippen molar-refractivity contribution in [1.29, 1.82) is 0 Å². The molecule has 1 aromatic carbocycles. The van der Waals surface area contributed by atoms with Crippen molar-refractivity contribution in [1.82, 2.24) is 10.2 Å². The average molecular weight is 383 g/mol. The van der Waals surface area contributed by atoms with Crippen LogP contribution in [0.2, 0.25) is 0 Å². The van der Waals surface area contributed by atoms with Crippen LogP contribution in [0.25, 0.3) is 0 Å². The zero-order valence-corrected chi connectivity index (χ0v) is 15.0. The molecule has 3 N–H and O–H groups in total. The van der Waals surface area contributed by atoms with Crippen molar-refractivity contribution in [2.45, 2.75) is 50.6 Å². The first-order valence-corrected chi connectivity index (χ1v) is 9.29. The highest BCUT2D eigenvalue weighted by Gasteiger charge is 2.29. The Hall–Kier alpha value is -2.09. The fourth-order valence-corrected chi connectivity index (χ4v) is 3.47. The molecule has 2 aliphatic rings. The molecule has 1 heterocycles. The summed E-state index contributed by atoms with van der Waals surface area (Å²) in [6.07, 6.45) is 3.16. The topological polar surface area (TPSA) is 75.4 Å². The molecule has 1 aliphatic heterocycles. The Kier molecular flexibility index (Phi) is 6.04. The zero-order valence-electron chi connectivity index (χ0n) is 15.0. The molecule has 1 aliphatic carbocycles. The number of nitrogens with two attached hydrogens (primary N) is 1. The van der Waals surface area contributed by atoms with Crippen molar-refractivity contribution < 1.29 is 22.8 Å². The summed E-state index contributed by atoms with van der Waals surface area (Å²) in [5.74, 6) is -3.52. The Labute approximate surface area is 156 Å². The number of benzene rings is 1. The van der Waals surface area contributed by atoms with Crippen LogP contribution in [-0.2, 0) is 16.0 Å². The lowest BCUT2D eigenvalue weighted by Gasteiger charge is -2.35. The third-order valence-corrected chi connectivity index (χ3v) is 5.30. The Morgan fingerprint density at radius 3 is 2.33 bits per heavy atom. The smallest absolute Gasteiger partial charge is 0.232 e. The molecule has 0 aromatic heterocycles. The lowest BCUT2D eigenvalue weighted by atomic mass is 9.86. The van der Waals surface area contributed by atoms with E-state index < -0.39 is 23.5 Å². The summed E-state index contributed by atoms with van der Waals surface area (Å²) in [5.41, 5.74) is 6.20. The lowest BCUT2D eigenvalue weighted by Crippen LogP contribution is -2.45. The Balaban J connectivity index is 1.47. The molecule has 2 fully saturated rings. The van der Waals surface area contributed by atoms with E-state index in [0.29, 0.717) is 32.0 Å². The molecule has 1 saturated heterocycles. The van der Waals surface area contributed by atoms with Gasteiger partial charge in [0.2, 0.25) is 11.8 Å². The molecular weight excluding hydrogens is 359 g/mol. The number of piperidine rings is 1. The molecule has 1 saturated carbocycles. The van der Waals surface area contributed by atoms with Crippen LogP contribution in [0.15, 0.2) is 12.1 Å². The first kappa shape index (κ1) is 19.7. The number of nitrogens with one attached hydrogen (secondary N) is 1. The number of amides is 2. The van der Waals surface area contributed by atoms with Crippen molar-refractivity contribution in [3.05, 3.63) is 35.1 Å². The van der Waals surface area contributed by atoms with Crippen LogP contribution in [0.3, 0.4) is 0 Å². The van der Waals surface area contributed by atoms with E-state index in [4.69, 9.17) is 5.73 Å². The number of hydrogen-bond donors (Lipinski definition) is 2. The molecule has 0 unspecified atom stereocenters. The second-order valence-electron chi connectivity index (χ2n) is 7.46. The minimum Gasteiger partial charge on any atom is -0.353 e. The summed E-state index contributed by atoms with van der Waals surface area (Å²) in [6, 6.07) is 1.19. The first-order valence-electron chi connectivity index (χ1n) is 9.29. The van der Waals surface area contributed by atoms with E-state index in [1.165, 1.54) is 0 Å². The van der Waals surface area contributed by atoms with E-state index in [1.807, 2.05) is 0 Å². The van der Waals surface area contributed by atoms with Gasteiger partial charge in [0.1, 0.15) is 12.2 Å². The number of hydrogen-bond acceptors (Lipinski definition) is 3. The van der Waals surface area contributed by atoms with Crippen LogP contribution in [0.1, 0.15) is 37.7 Å². The van der Waals surface area contributed by atoms with Gasteiger partial charge < -0.3 is 16.0 Å². The quantitative estimate of drug-likeness (QED) is 0.582. The molecule has 5 nitrogen and oxygen atoms in total. The third-order valence-electron chi connectivity index (χ3n) is 5.30. The number of carbonyl (C=O) groups excluding carboxylic acids is 2. The molecule has 2 amide bonds. The predicted molar refractivity (Wildman–Crippen MR) is 93.1 cm³/mol. The van der Waals surface area contributed by atoms with Gasteiger partial charge in [-0.3, -0.25) is 9.59 Å². The van der Waals surface area contributed by atoms with Gasteiger partial charge in [-0.25, -0.2) is 13.2 Å². The van der Waals surface area contributed by atoms with Crippen molar-refractivity contribution in [3.8, 4) is 0 Å². The molecule has 1 atom stereocenters. The van der Waals surface area contributed by atoms with Gasteiger partial charge >= 0.3 is 0 Å². The largest absolute Gasteiger partial charge is 0.353 e. The van der Waals surface area contributed by atoms with Crippen molar-refractivity contribution in [2.24, 2.45) is 11.7 Å². The van der Waals surface area contributed by atoms with E-state index in [2.05, 4.69) is 5.32 Å². The highest BCUT2D eigenvalue weighted by atomic mass is 19.2. The summed E-state index contributed by atoms with van der Waals surface area (Å²) in [5, 5.41) is 2.79. The van der Waals surface area contributed by atoms with Gasteiger partial charge in [0.05, 0.1) is 0 Å². The van der Waals surface area contributed by atoms with E-state index >= 15 is 0 Å². The standard InChI is InChI=1S/C19H24F3N3O2/c20-14-9-16(22)15(21)7-12(14)8-17(23)11-3-5-25(6-4-11)19(27)10-18(26)24-13-1-2-13/h7,9,11,13,17H,1-6,8,10,23H2,(H,24,26)/t17-/m1/s1. The van der Waals surface area contributed by atoms with Crippen LogP contribution in [-0.4, -0.2) is 41.9 Å². The minimum atomic E-state index is -1.22. The number of halogens is 3. The van der Waals surface area contributed by atoms with E-state index in [-0.39, 0.29) is 42.2 Å². The van der Waals surface area contributed by atoms with Crippen LogP contribution < -0.4 is 11.1 Å². The summed E-state index contributed by atoms with van der Waals surface area (Å²) in [4.78, 5) is 25.6. The average Bonchev–Trinajstić information content (AvgIpc) is 3.43. The Bertz CT molecular complexity index is 716. The van der Waals surface area contributed by atoms with Gasteiger partial charge in [-0.2, -0.15) is 0 Å². The fraction of sp³-hybridized carbons (Fsp3) is 0.579. The second-order valence-corrected chi connectivity index (χ2v) is 7.46. The molecule has 8 heteroatoms. The molecule has 0 radical (unpaired) electrons. The predicted octanol–water partition coefficient (Wildman–Crippen LogP) is 1.88. The van der Waals surface area contributed by atoms with E-state index in [0.717, 1.165) is 18.9 Å². The van der Waals surface area contributed by atoms with Gasteiger partial charge in [0.15, 0.2) is 11.6 Å². The van der Waals surface area contributed by atoms with Gasteiger partial charge in [0.25, 0.3) is 0 Å². The van der Waals surface area contributed by atoms with Gasteiger partial charge in [-0.1, -0.05) is 0 Å². The number of nitrogens with zero attached hydrogens (tertiary/aromatic N) is 1. The summed E-state index contributed by atoms with van der Waals surface area (Å²) in [7, 11) is 0. The van der Waals surface area contributed by atoms with Gasteiger partial charge in [0, 0.05) is 31.2 Å². The number of likely N-dealkylation sites (tertiary alicyclic amines) is 1. The number of rotatable bonds is 6. The molecule has 148 valence electrons. The molecule has 0 spiro atoms. The summed E-state index contributed by atoms with van der Waals surface area (Å²) in [6.45, 7) is 0.961. The van der Waals surface area contributed by atoms with Crippen LogP contribution >= 0.6 is 0 Å². The van der Waals surface area contributed by atoms with Crippen LogP contribution in [0, 0.1) is 23.4 Å². The summed E-state index contributed by atoms with van der Waals surface area (Å²) >= 11 is 0. The molecule has 1 aromatic rings. The fourth-order valence-electron chi connectivity index (χ4n) is 3.47. The van der Waals surface area contributed by atoms with Crippen LogP contribution in [0.5, 0.6) is 0 Å². The Morgan fingerprint density at radius 2 is 1.70 bits per heavy atom. The normalized spacial score (nSPS) is 19.0. The van der Waals surface area contributed by atoms with E-state index in [1.54, 1.807) is 4.90 Å². The lowest BCUT2D eigenvalue weighted by molar-refractivity contribution is -0.137. The van der Waals surface area contributed by atoms with Crippen molar-refractivity contribution in [3.63, 3.8) is 0 Å². The van der Waals surface area contributed by atoms with Crippen LogP contribution in [0.4, 0.5) is 13.2 Å². The Morgan fingerprint density at radius 1 is 1.07 bits per heavy atom. The number of carbonyl (C=O) groups is 2. The van der Waals surface area contributed by atoms with E-state index in [9.17, 15) is 22.8 Å². The highest BCUT2D eigenvalue weighted by Crippen LogP contribution is 2.24. The zero-order chi connectivity index (χ0) is 19.6.